The Morgan fingerprint density at radius 2 is 1.90 bits per heavy atom. The van der Waals surface area contributed by atoms with Gasteiger partial charge in [0.15, 0.2) is 4.34 Å². The Kier molecular flexibility index (Phi) is 5.56. The van der Waals surface area contributed by atoms with E-state index >= 15 is 0 Å². The van der Waals surface area contributed by atoms with Crippen molar-refractivity contribution in [3.8, 4) is 5.75 Å². The summed E-state index contributed by atoms with van der Waals surface area (Å²) in [6, 6.07) is 15.6. The molecule has 0 atom stereocenters. The molecular formula is C20H15N3O5S3. The molecule has 2 N–H and O–H groups in total. The van der Waals surface area contributed by atoms with Crippen LogP contribution in [0, 0.1) is 17.0 Å². The van der Waals surface area contributed by atoms with Crippen LogP contribution in [0.1, 0.15) is 5.56 Å². The number of aromatic nitrogens is 1. The van der Waals surface area contributed by atoms with E-state index in [-0.39, 0.29) is 22.0 Å². The monoisotopic (exact) mass is 473 g/mol. The number of nitro benzene ring substituents is 1. The summed E-state index contributed by atoms with van der Waals surface area (Å²) in [4.78, 5) is 15.2. The number of anilines is 1. The van der Waals surface area contributed by atoms with Crippen molar-refractivity contribution in [3.63, 3.8) is 0 Å². The zero-order valence-electron chi connectivity index (χ0n) is 16.0. The van der Waals surface area contributed by atoms with Crippen LogP contribution in [0.2, 0.25) is 0 Å². The van der Waals surface area contributed by atoms with Gasteiger partial charge in [0.05, 0.1) is 30.6 Å². The van der Waals surface area contributed by atoms with Crippen LogP contribution in [-0.2, 0) is 10.0 Å². The molecule has 31 heavy (non-hydrogen) atoms. The number of para-hydroxylation sites is 1. The first kappa shape index (κ1) is 21.1. The first-order valence-electron chi connectivity index (χ1n) is 8.87. The number of phenols is 1. The molecule has 0 aliphatic heterocycles. The van der Waals surface area contributed by atoms with Crippen molar-refractivity contribution in [1.82, 2.24) is 4.98 Å². The smallest absolute Gasteiger partial charge is 0.273 e. The third-order valence-corrected chi connectivity index (χ3v) is 7.89. The molecule has 0 bridgehead atoms. The molecule has 0 amide bonds. The number of nitrogens with one attached hydrogen (secondary N) is 1. The molecule has 11 heteroatoms. The highest BCUT2D eigenvalue weighted by Crippen LogP contribution is 2.39. The third kappa shape index (κ3) is 4.48. The van der Waals surface area contributed by atoms with Gasteiger partial charge in [0.25, 0.3) is 15.7 Å². The number of nitrogens with zero attached hydrogens (tertiary/aromatic N) is 2. The average Bonchev–Trinajstić information content (AvgIpc) is 3.12. The number of sulfonamides is 1. The number of rotatable bonds is 6. The van der Waals surface area contributed by atoms with E-state index in [1.807, 2.05) is 24.3 Å². The summed E-state index contributed by atoms with van der Waals surface area (Å²) in [5.41, 5.74) is 1.14. The van der Waals surface area contributed by atoms with E-state index in [1.54, 1.807) is 0 Å². The number of hydrogen-bond donors (Lipinski definition) is 2. The summed E-state index contributed by atoms with van der Waals surface area (Å²) in [6.45, 7) is 1.54. The van der Waals surface area contributed by atoms with Crippen LogP contribution >= 0.6 is 23.1 Å². The van der Waals surface area contributed by atoms with Gasteiger partial charge in [-0.2, -0.15) is 0 Å². The standard InChI is InChI=1S/C20H15N3O5S3/c1-12-6-8-14(11-16(12)23(25)26)31(27,28)22-13-7-9-17(24)19(10-13)30-20-21-15-4-2-3-5-18(15)29-20/h2-11,22,24H,1H3. The maximum atomic E-state index is 12.7. The lowest BCUT2D eigenvalue weighted by molar-refractivity contribution is -0.385. The molecule has 1 aromatic heterocycles. The Labute approximate surface area is 185 Å². The lowest BCUT2D eigenvalue weighted by atomic mass is 10.2. The molecule has 0 saturated heterocycles. The summed E-state index contributed by atoms with van der Waals surface area (Å²) in [6.07, 6.45) is 0. The highest BCUT2D eigenvalue weighted by molar-refractivity contribution is 8.01. The Balaban J connectivity index is 1.62. The second kappa shape index (κ2) is 8.17. The largest absolute Gasteiger partial charge is 0.507 e. The van der Waals surface area contributed by atoms with Crippen molar-refractivity contribution in [3.05, 3.63) is 76.3 Å². The molecule has 4 aromatic rings. The van der Waals surface area contributed by atoms with Gasteiger partial charge in [-0.15, -0.1) is 11.3 Å². The van der Waals surface area contributed by atoms with Gasteiger partial charge in [0.1, 0.15) is 5.75 Å². The Morgan fingerprint density at radius 1 is 1.13 bits per heavy atom. The predicted molar refractivity (Wildman–Crippen MR) is 120 cm³/mol. The van der Waals surface area contributed by atoms with Crippen molar-refractivity contribution in [2.45, 2.75) is 21.1 Å². The van der Waals surface area contributed by atoms with E-state index in [2.05, 4.69) is 9.71 Å². The maximum Gasteiger partial charge on any atom is 0.273 e. The molecule has 0 fully saturated rings. The van der Waals surface area contributed by atoms with Crippen LogP contribution in [0.5, 0.6) is 5.75 Å². The van der Waals surface area contributed by atoms with Crippen LogP contribution in [0.15, 0.2) is 74.8 Å². The van der Waals surface area contributed by atoms with E-state index in [0.29, 0.717) is 14.8 Å². The van der Waals surface area contributed by atoms with Gasteiger partial charge >= 0.3 is 0 Å². The van der Waals surface area contributed by atoms with Gasteiger partial charge < -0.3 is 5.11 Å². The number of benzene rings is 3. The van der Waals surface area contributed by atoms with E-state index in [4.69, 9.17) is 0 Å². The van der Waals surface area contributed by atoms with Crippen molar-refractivity contribution in [2.75, 3.05) is 4.72 Å². The summed E-state index contributed by atoms with van der Waals surface area (Å²) in [7, 11) is -4.07. The maximum absolute atomic E-state index is 12.7. The van der Waals surface area contributed by atoms with Gasteiger partial charge in [0, 0.05) is 11.6 Å². The van der Waals surface area contributed by atoms with Crippen LogP contribution in [-0.4, -0.2) is 23.4 Å². The number of fused-ring (bicyclic) bond motifs is 1. The lowest BCUT2D eigenvalue weighted by Crippen LogP contribution is -2.13. The fraction of sp³-hybridized carbons (Fsp3) is 0.0500. The number of aromatic hydroxyl groups is 1. The minimum atomic E-state index is -4.07. The second-order valence-electron chi connectivity index (χ2n) is 6.54. The van der Waals surface area contributed by atoms with E-state index in [1.165, 1.54) is 60.4 Å². The molecule has 1 heterocycles. The quantitative estimate of drug-likeness (QED) is 0.225. The zero-order chi connectivity index (χ0) is 22.2. The van der Waals surface area contributed by atoms with Gasteiger partial charge in [-0.05, 0) is 43.3 Å². The molecule has 0 aliphatic carbocycles. The second-order valence-corrected chi connectivity index (χ2v) is 10.5. The molecule has 0 aliphatic rings. The lowest BCUT2D eigenvalue weighted by Gasteiger charge is -2.10. The molecule has 8 nitrogen and oxygen atoms in total. The van der Waals surface area contributed by atoms with Crippen molar-refractivity contribution >= 4 is 54.7 Å². The Morgan fingerprint density at radius 3 is 2.65 bits per heavy atom. The van der Waals surface area contributed by atoms with Crippen molar-refractivity contribution in [1.29, 1.82) is 0 Å². The van der Waals surface area contributed by atoms with Crippen molar-refractivity contribution < 1.29 is 18.4 Å². The van der Waals surface area contributed by atoms with Gasteiger partial charge in [0.2, 0.25) is 0 Å². The van der Waals surface area contributed by atoms with Crippen LogP contribution in [0.3, 0.4) is 0 Å². The first-order valence-corrected chi connectivity index (χ1v) is 12.0. The molecular weight excluding hydrogens is 458 g/mol. The third-order valence-electron chi connectivity index (χ3n) is 4.37. The summed E-state index contributed by atoms with van der Waals surface area (Å²) in [5.74, 6) is -0.0156. The molecule has 4 rings (SSSR count). The van der Waals surface area contributed by atoms with E-state index in [9.17, 15) is 23.6 Å². The van der Waals surface area contributed by atoms with Gasteiger partial charge in [-0.3, -0.25) is 14.8 Å². The number of hydrogen-bond acceptors (Lipinski definition) is 8. The topological polar surface area (TPSA) is 122 Å². The highest BCUT2D eigenvalue weighted by Gasteiger charge is 2.20. The van der Waals surface area contributed by atoms with Crippen LogP contribution in [0.4, 0.5) is 11.4 Å². The zero-order valence-corrected chi connectivity index (χ0v) is 18.4. The molecule has 0 unspecified atom stereocenters. The number of phenolic OH excluding ortho intramolecular Hbond substituents is 1. The molecule has 3 aromatic carbocycles. The average molecular weight is 474 g/mol. The number of aryl methyl sites for hydroxylation is 1. The SMILES string of the molecule is Cc1ccc(S(=O)(=O)Nc2ccc(O)c(Sc3nc4ccccc4s3)c2)cc1[N+](=O)[O-]. The normalized spacial score (nSPS) is 11.5. The summed E-state index contributed by atoms with van der Waals surface area (Å²) in [5, 5.41) is 21.4. The minimum Gasteiger partial charge on any atom is -0.507 e. The number of nitro groups is 1. The highest BCUT2D eigenvalue weighted by atomic mass is 32.2. The van der Waals surface area contributed by atoms with E-state index < -0.39 is 14.9 Å². The van der Waals surface area contributed by atoms with Gasteiger partial charge in [-0.25, -0.2) is 13.4 Å². The summed E-state index contributed by atoms with van der Waals surface area (Å²) >= 11 is 2.68. The minimum absolute atomic E-state index is 0.0156. The Hall–Kier alpha value is -3.15. The van der Waals surface area contributed by atoms with Gasteiger partial charge in [-0.1, -0.05) is 30.0 Å². The Bertz CT molecular complexity index is 1380. The van der Waals surface area contributed by atoms with Crippen LogP contribution in [0.25, 0.3) is 10.2 Å². The predicted octanol–water partition coefficient (Wildman–Crippen LogP) is 5.17. The first-order chi connectivity index (χ1) is 14.7. The summed E-state index contributed by atoms with van der Waals surface area (Å²) < 4.78 is 29.6. The van der Waals surface area contributed by atoms with Crippen molar-refractivity contribution in [2.24, 2.45) is 0 Å². The van der Waals surface area contributed by atoms with E-state index in [0.717, 1.165) is 16.3 Å². The fourth-order valence-corrected chi connectivity index (χ4v) is 5.98. The van der Waals surface area contributed by atoms with Crippen LogP contribution < -0.4 is 4.72 Å². The molecule has 158 valence electrons. The molecule has 0 saturated carbocycles. The number of thiazole rings is 1. The fourth-order valence-electron chi connectivity index (χ4n) is 2.82. The molecule has 0 radical (unpaired) electrons. The molecule has 0 spiro atoms.